The van der Waals surface area contributed by atoms with Crippen LogP contribution in [0.3, 0.4) is 0 Å². The number of hydrogen-bond donors (Lipinski definition) is 2. The van der Waals surface area contributed by atoms with Crippen LogP contribution in [-0.4, -0.2) is 27.9 Å². The van der Waals surface area contributed by atoms with Gasteiger partial charge in [-0.3, -0.25) is 4.79 Å². The molecule has 0 saturated carbocycles. The minimum atomic E-state index is -3.59. The summed E-state index contributed by atoms with van der Waals surface area (Å²) in [6.07, 6.45) is 0. The van der Waals surface area contributed by atoms with Gasteiger partial charge in [0, 0.05) is 7.05 Å². The van der Waals surface area contributed by atoms with E-state index in [1.807, 2.05) is 6.92 Å². The Balaban J connectivity index is 2.78. The highest BCUT2D eigenvalue weighted by Gasteiger charge is 2.14. The number of carbonyl (C=O) groups is 1. The summed E-state index contributed by atoms with van der Waals surface area (Å²) in [5.41, 5.74) is 0.977. The van der Waals surface area contributed by atoms with Crippen molar-refractivity contribution in [3.8, 4) is 0 Å². The lowest BCUT2D eigenvalue weighted by atomic mass is 10.2. The van der Waals surface area contributed by atoms with Crippen LogP contribution in [0.25, 0.3) is 0 Å². The van der Waals surface area contributed by atoms with Gasteiger partial charge in [-0.25, -0.2) is 13.1 Å². The molecule has 0 radical (unpaired) electrons. The molecule has 0 aromatic heterocycles. The highest BCUT2D eigenvalue weighted by Crippen LogP contribution is 2.09. The predicted molar refractivity (Wildman–Crippen MR) is 60.4 cm³/mol. The van der Waals surface area contributed by atoms with Crippen LogP contribution in [0, 0.1) is 6.92 Å². The Hall–Kier alpha value is -1.40. The molecule has 1 aromatic carbocycles. The summed E-state index contributed by atoms with van der Waals surface area (Å²) in [6, 6.07) is 6.41. The Morgan fingerprint density at radius 1 is 1.25 bits per heavy atom. The molecule has 1 rings (SSSR count). The third kappa shape index (κ3) is 3.32. The first-order valence-corrected chi connectivity index (χ1v) is 6.21. The minimum absolute atomic E-state index is 0.155. The summed E-state index contributed by atoms with van der Waals surface area (Å²) < 4.78 is 25.6. The van der Waals surface area contributed by atoms with Crippen LogP contribution in [0.5, 0.6) is 0 Å². The molecule has 0 saturated heterocycles. The van der Waals surface area contributed by atoms with E-state index in [1.165, 1.54) is 19.2 Å². The Labute approximate surface area is 94.9 Å². The molecule has 0 fully saturated rings. The van der Waals surface area contributed by atoms with E-state index in [0.29, 0.717) is 0 Å². The maximum Gasteiger partial charge on any atom is 0.241 e. The number of sulfonamides is 1. The lowest BCUT2D eigenvalue weighted by Crippen LogP contribution is -2.35. The molecule has 0 unspecified atom stereocenters. The Bertz CT molecular complexity index is 465. The molecule has 1 aromatic rings. The number of likely N-dealkylation sites (N-methyl/N-ethyl adjacent to an activating group) is 1. The number of benzene rings is 1. The SMILES string of the molecule is CNC(=O)CNS(=O)(=O)c1ccc(C)cc1. The zero-order valence-corrected chi connectivity index (χ0v) is 9.97. The Kier molecular flexibility index (Phi) is 4.03. The lowest BCUT2D eigenvalue weighted by molar-refractivity contribution is -0.119. The third-order valence-electron chi connectivity index (χ3n) is 2.03. The standard InChI is InChI=1S/C10H14N2O3S/c1-8-3-5-9(6-4-8)16(14,15)12-7-10(13)11-2/h3-6,12H,7H2,1-2H3,(H,11,13). The van der Waals surface area contributed by atoms with Gasteiger partial charge in [0.2, 0.25) is 15.9 Å². The van der Waals surface area contributed by atoms with Crippen LogP contribution in [0.15, 0.2) is 29.2 Å². The monoisotopic (exact) mass is 242 g/mol. The summed E-state index contributed by atoms with van der Waals surface area (Å²) in [7, 11) is -2.15. The Morgan fingerprint density at radius 2 is 1.81 bits per heavy atom. The Morgan fingerprint density at radius 3 is 2.31 bits per heavy atom. The molecule has 1 amide bonds. The molecular formula is C10H14N2O3S. The second kappa shape index (κ2) is 5.09. The van der Waals surface area contributed by atoms with Crippen molar-refractivity contribution in [3.63, 3.8) is 0 Å². The highest BCUT2D eigenvalue weighted by molar-refractivity contribution is 7.89. The van der Waals surface area contributed by atoms with Gasteiger partial charge in [-0.05, 0) is 19.1 Å². The molecule has 0 aliphatic rings. The van der Waals surface area contributed by atoms with Crippen molar-refractivity contribution in [1.29, 1.82) is 0 Å². The molecule has 88 valence electrons. The number of carbonyl (C=O) groups excluding carboxylic acids is 1. The zero-order chi connectivity index (χ0) is 12.2. The second-order valence-corrected chi connectivity index (χ2v) is 5.08. The minimum Gasteiger partial charge on any atom is -0.358 e. The smallest absolute Gasteiger partial charge is 0.241 e. The molecule has 2 N–H and O–H groups in total. The van der Waals surface area contributed by atoms with Crippen LogP contribution in [0.1, 0.15) is 5.56 Å². The number of amides is 1. The molecule has 5 nitrogen and oxygen atoms in total. The van der Waals surface area contributed by atoms with E-state index in [9.17, 15) is 13.2 Å². The van der Waals surface area contributed by atoms with Gasteiger partial charge >= 0.3 is 0 Å². The summed E-state index contributed by atoms with van der Waals surface area (Å²) in [4.78, 5) is 11.1. The number of nitrogens with one attached hydrogen (secondary N) is 2. The maximum atomic E-state index is 11.7. The fourth-order valence-electron chi connectivity index (χ4n) is 1.05. The van der Waals surface area contributed by atoms with Gasteiger partial charge in [0.25, 0.3) is 0 Å². The fraction of sp³-hybridized carbons (Fsp3) is 0.300. The van der Waals surface area contributed by atoms with Crippen LogP contribution >= 0.6 is 0 Å². The highest BCUT2D eigenvalue weighted by atomic mass is 32.2. The van der Waals surface area contributed by atoms with E-state index >= 15 is 0 Å². The van der Waals surface area contributed by atoms with E-state index in [4.69, 9.17) is 0 Å². The average molecular weight is 242 g/mol. The van der Waals surface area contributed by atoms with E-state index < -0.39 is 10.0 Å². The first-order valence-electron chi connectivity index (χ1n) is 4.72. The van der Waals surface area contributed by atoms with E-state index in [1.54, 1.807) is 12.1 Å². The molecule has 0 heterocycles. The van der Waals surface area contributed by atoms with E-state index in [2.05, 4.69) is 10.0 Å². The number of aryl methyl sites for hydroxylation is 1. The topological polar surface area (TPSA) is 75.3 Å². The normalized spacial score (nSPS) is 11.1. The van der Waals surface area contributed by atoms with Crippen LogP contribution in [0.2, 0.25) is 0 Å². The molecule has 0 spiro atoms. The second-order valence-electron chi connectivity index (χ2n) is 3.31. The number of rotatable bonds is 4. The van der Waals surface area contributed by atoms with Gasteiger partial charge < -0.3 is 5.32 Å². The van der Waals surface area contributed by atoms with Crippen LogP contribution in [0.4, 0.5) is 0 Å². The summed E-state index contributed by atoms with van der Waals surface area (Å²) in [5, 5.41) is 2.33. The zero-order valence-electron chi connectivity index (χ0n) is 9.15. The van der Waals surface area contributed by atoms with Gasteiger partial charge in [-0.1, -0.05) is 17.7 Å². The lowest BCUT2D eigenvalue weighted by Gasteiger charge is -2.05. The largest absolute Gasteiger partial charge is 0.358 e. The summed E-state index contributed by atoms with van der Waals surface area (Å²) in [5.74, 6) is -0.379. The number of hydrogen-bond acceptors (Lipinski definition) is 3. The van der Waals surface area contributed by atoms with Crippen molar-refractivity contribution >= 4 is 15.9 Å². The molecule has 0 atom stereocenters. The molecule has 0 aliphatic heterocycles. The molecule has 0 bridgehead atoms. The van der Waals surface area contributed by atoms with Crippen molar-refractivity contribution in [2.45, 2.75) is 11.8 Å². The van der Waals surface area contributed by atoms with Gasteiger partial charge in [-0.2, -0.15) is 0 Å². The predicted octanol–water partition coefficient (Wildman–Crippen LogP) is 0.0193. The summed E-state index contributed by atoms with van der Waals surface area (Å²) >= 11 is 0. The average Bonchev–Trinajstić information content (AvgIpc) is 2.26. The van der Waals surface area contributed by atoms with Crippen molar-refractivity contribution in [2.24, 2.45) is 0 Å². The molecule has 16 heavy (non-hydrogen) atoms. The summed E-state index contributed by atoms with van der Waals surface area (Å²) in [6.45, 7) is 1.61. The molecule has 0 aliphatic carbocycles. The van der Waals surface area contributed by atoms with Crippen molar-refractivity contribution in [2.75, 3.05) is 13.6 Å². The molecule has 6 heteroatoms. The third-order valence-corrected chi connectivity index (χ3v) is 3.45. The molecular weight excluding hydrogens is 228 g/mol. The fourth-order valence-corrected chi connectivity index (χ4v) is 2.03. The quantitative estimate of drug-likeness (QED) is 0.781. The first kappa shape index (κ1) is 12.7. The van der Waals surface area contributed by atoms with Crippen LogP contribution < -0.4 is 10.0 Å². The van der Waals surface area contributed by atoms with E-state index in [-0.39, 0.29) is 17.3 Å². The van der Waals surface area contributed by atoms with Gasteiger partial charge in [-0.15, -0.1) is 0 Å². The van der Waals surface area contributed by atoms with Gasteiger partial charge in [0.05, 0.1) is 11.4 Å². The van der Waals surface area contributed by atoms with Crippen molar-refractivity contribution in [1.82, 2.24) is 10.0 Å². The van der Waals surface area contributed by atoms with E-state index in [0.717, 1.165) is 5.56 Å². The van der Waals surface area contributed by atoms with Crippen molar-refractivity contribution < 1.29 is 13.2 Å². The van der Waals surface area contributed by atoms with Crippen LogP contribution in [-0.2, 0) is 14.8 Å². The van der Waals surface area contributed by atoms with Gasteiger partial charge in [0.15, 0.2) is 0 Å². The van der Waals surface area contributed by atoms with Gasteiger partial charge in [0.1, 0.15) is 0 Å². The van der Waals surface area contributed by atoms with Crippen molar-refractivity contribution in [3.05, 3.63) is 29.8 Å². The first-order chi connectivity index (χ1) is 7.45. The maximum absolute atomic E-state index is 11.7.